The number of methoxy groups -OCH3 is 3. The van der Waals surface area contributed by atoms with Crippen molar-refractivity contribution in [2.45, 2.75) is 6.42 Å². The first-order valence-electron chi connectivity index (χ1n) is 8.77. The second kappa shape index (κ2) is 9.17. The van der Waals surface area contributed by atoms with Crippen molar-refractivity contribution < 1.29 is 19.0 Å². The van der Waals surface area contributed by atoms with Crippen molar-refractivity contribution in [3.05, 3.63) is 51.2 Å². The molecule has 1 amide bonds. The van der Waals surface area contributed by atoms with Crippen LogP contribution in [0.3, 0.4) is 0 Å². The van der Waals surface area contributed by atoms with Crippen molar-refractivity contribution in [3.63, 3.8) is 0 Å². The van der Waals surface area contributed by atoms with Gasteiger partial charge in [0.25, 0.3) is 0 Å². The van der Waals surface area contributed by atoms with E-state index in [1.54, 1.807) is 38.4 Å². The summed E-state index contributed by atoms with van der Waals surface area (Å²) in [5.41, 5.74) is 2.00. The molecule has 0 fully saturated rings. The molecular weight excluding hydrogens is 398 g/mol. The lowest BCUT2D eigenvalue weighted by Crippen LogP contribution is -2.33. The van der Waals surface area contributed by atoms with Gasteiger partial charge in [0.15, 0.2) is 0 Å². The molecule has 148 valence electrons. The molecule has 28 heavy (non-hydrogen) atoms. The molecule has 2 heterocycles. The Kier molecular flexibility index (Phi) is 6.65. The molecule has 0 N–H and O–H groups in total. The molecule has 1 aromatic carbocycles. The van der Waals surface area contributed by atoms with Crippen LogP contribution in [0.15, 0.2) is 36.4 Å². The topological polar surface area (TPSA) is 48.0 Å². The van der Waals surface area contributed by atoms with Gasteiger partial charge in [0, 0.05) is 36.2 Å². The number of hydrogen-bond donors (Lipinski definition) is 0. The Labute approximate surface area is 173 Å². The molecule has 1 aromatic heterocycles. The van der Waals surface area contributed by atoms with Crippen LogP contribution in [0.1, 0.15) is 16.9 Å². The van der Waals surface area contributed by atoms with Crippen LogP contribution < -0.4 is 14.2 Å². The quantitative estimate of drug-likeness (QED) is 0.633. The predicted molar refractivity (Wildman–Crippen MR) is 114 cm³/mol. The van der Waals surface area contributed by atoms with E-state index in [4.69, 9.17) is 25.8 Å². The lowest BCUT2D eigenvalue weighted by molar-refractivity contribution is -0.125. The second-order valence-corrected chi connectivity index (χ2v) is 7.89. The maximum absolute atomic E-state index is 12.5. The van der Waals surface area contributed by atoms with Gasteiger partial charge in [-0.25, -0.2) is 0 Å². The van der Waals surface area contributed by atoms with Gasteiger partial charge in [0.05, 0.1) is 31.2 Å². The molecule has 0 aliphatic carbocycles. The highest BCUT2D eigenvalue weighted by molar-refractivity contribution is 7.17. The zero-order valence-corrected chi connectivity index (χ0v) is 17.6. The molecule has 0 spiro atoms. The average Bonchev–Trinajstić information content (AvgIpc) is 3.16. The van der Waals surface area contributed by atoms with E-state index in [2.05, 4.69) is 0 Å². The SMILES string of the molecule is COc1cc(OC)c(C2=CCN(C(=O)/C=C/c3ccc(Cl)s3)CC2)c(OC)c1. The van der Waals surface area contributed by atoms with Gasteiger partial charge >= 0.3 is 0 Å². The maximum Gasteiger partial charge on any atom is 0.246 e. The molecule has 0 bridgehead atoms. The van der Waals surface area contributed by atoms with E-state index < -0.39 is 0 Å². The molecule has 0 radical (unpaired) electrons. The van der Waals surface area contributed by atoms with Crippen LogP contribution >= 0.6 is 22.9 Å². The van der Waals surface area contributed by atoms with Crippen molar-refractivity contribution in [1.29, 1.82) is 0 Å². The first kappa shape index (κ1) is 20.3. The van der Waals surface area contributed by atoms with Crippen molar-refractivity contribution in [2.24, 2.45) is 0 Å². The summed E-state index contributed by atoms with van der Waals surface area (Å²) in [5, 5.41) is 0. The van der Waals surface area contributed by atoms with Crippen LogP contribution in [0.4, 0.5) is 0 Å². The summed E-state index contributed by atoms with van der Waals surface area (Å²) in [7, 11) is 4.85. The summed E-state index contributed by atoms with van der Waals surface area (Å²) < 4.78 is 17.1. The molecule has 0 atom stereocenters. The number of amides is 1. The zero-order valence-electron chi connectivity index (χ0n) is 16.0. The van der Waals surface area contributed by atoms with Gasteiger partial charge in [-0.15, -0.1) is 11.3 Å². The van der Waals surface area contributed by atoms with Crippen LogP contribution in [0.25, 0.3) is 11.6 Å². The standard InChI is InChI=1S/C21H22ClNO4S/c1-25-15-12-17(26-2)21(18(13-15)27-3)14-8-10-23(11-9-14)20(24)7-5-16-4-6-19(22)28-16/h4-8,12-13H,9-11H2,1-3H3/b7-5+. The van der Waals surface area contributed by atoms with Gasteiger partial charge in [-0.05, 0) is 30.2 Å². The zero-order chi connectivity index (χ0) is 20.1. The molecule has 0 saturated carbocycles. The molecule has 2 aromatic rings. The van der Waals surface area contributed by atoms with Crippen molar-refractivity contribution in [3.8, 4) is 17.2 Å². The van der Waals surface area contributed by atoms with Crippen LogP contribution in [-0.2, 0) is 4.79 Å². The van der Waals surface area contributed by atoms with E-state index in [-0.39, 0.29) is 5.91 Å². The summed E-state index contributed by atoms with van der Waals surface area (Å²) in [4.78, 5) is 15.2. The van der Waals surface area contributed by atoms with E-state index >= 15 is 0 Å². The number of rotatable bonds is 6. The van der Waals surface area contributed by atoms with E-state index in [0.29, 0.717) is 41.1 Å². The molecule has 1 aliphatic rings. The lowest BCUT2D eigenvalue weighted by Gasteiger charge is -2.27. The highest BCUT2D eigenvalue weighted by Gasteiger charge is 2.22. The van der Waals surface area contributed by atoms with E-state index in [1.807, 2.05) is 30.3 Å². The molecule has 3 rings (SSSR count). The van der Waals surface area contributed by atoms with Crippen LogP contribution in [-0.4, -0.2) is 45.2 Å². The Morgan fingerprint density at radius 1 is 1.14 bits per heavy atom. The molecular formula is C21H22ClNO4S. The van der Waals surface area contributed by atoms with Crippen LogP contribution in [0.2, 0.25) is 4.34 Å². The third-order valence-electron chi connectivity index (χ3n) is 4.54. The summed E-state index contributed by atoms with van der Waals surface area (Å²) in [6, 6.07) is 7.39. The van der Waals surface area contributed by atoms with E-state index in [1.165, 1.54) is 11.3 Å². The minimum absolute atomic E-state index is 0.0199. The normalized spacial score (nSPS) is 14.1. The van der Waals surface area contributed by atoms with Gasteiger partial charge in [-0.3, -0.25) is 4.79 Å². The highest BCUT2D eigenvalue weighted by atomic mass is 35.5. The number of benzene rings is 1. The summed E-state index contributed by atoms with van der Waals surface area (Å²) in [6.45, 7) is 1.15. The number of thiophene rings is 1. The van der Waals surface area contributed by atoms with Gasteiger partial charge < -0.3 is 19.1 Å². The Bertz CT molecular complexity index is 894. The minimum Gasteiger partial charge on any atom is -0.496 e. The molecule has 7 heteroatoms. The van der Waals surface area contributed by atoms with Crippen LogP contribution in [0.5, 0.6) is 17.2 Å². The average molecular weight is 420 g/mol. The van der Waals surface area contributed by atoms with Gasteiger partial charge in [-0.2, -0.15) is 0 Å². The third kappa shape index (κ3) is 4.51. The highest BCUT2D eigenvalue weighted by Crippen LogP contribution is 2.40. The largest absolute Gasteiger partial charge is 0.496 e. The fraction of sp³-hybridized carbons (Fsp3) is 0.286. The summed E-state index contributed by atoms with van der Waals surface area (Å²) in [5.74, 6) is 2.03. The Morgan fingerprint density at radius 3 is 2.36 bits per heavy atom. The summed E-state index contributed by atoms with van der Waals surface area (Å²) in [6.07, 6.45) is 6.15. The van der Waals surface area contributed by atoms with Crippen molar-refractivity contribution in [2.75, 3.05) is 34.4 Å². The van der Waals surface area contributed by atoms with Gasteiger partial charge in [0.2, 0.25) is 5.91 Å². The summed E-state index contributed by atoms with van der Waals surface area (Å²) >= 11 is 7.36. The lowest BCUT2D eigenvalue weighted by atomic mass is 9.97. The van der Waals surface area contributed by atoms with Crippen LogP contribution in [0, 0.1) is 0 Å². The maximum atomic E-state index is 12.5. The fourth-order valence-corrected chi connectivity index (χ4v) is 4.06. The smallest absolute Gasteiger partial charge is 0.246 e. The van der Waals surface area contributed by atoms with Gasteiger partial charge in [-0.1, -0.05) is 17.7 Å². The number of carbonyl (C=O) groups excluding carboxylic acids is 1. The number of halogens is 1. The van der Waals surface area contributed by atoms with Crippen molar-refractivity contribution in [1.82, 2.24) is 4.90 Å². The molecule has 5 nitrogen and oxygen atoms in total. The molecule has 1 aliphatic heterocycles. The Balaban J connectivity index is 1.76. The first-order chi connectivity index (χ1) is 13.5. The van der Waals surface area contributed by atoms with Gasteiger partial charge in [0.1, 0.15) is 17.2 Å². The number of ether oxygens (including phenoxy) is 3. The fourth-order valence-electron chi connectivity index (χ4n) is 3.10. The Morgan fingerprint density at radius 2 is 1.86 bits per heavy atom. The van der Waals surface area contributed by atoms with Crippen molar-refractivity contribution >= 4 is 40.5 Å². The van der Waals surface area contributed by atoms with E-state index in [0.717, 1.165) is 16.0 Å². The second-order valence-electron chi connectivity index (χ2n) is 6.15. The number of nitrogens with zero attached hydrogens (tertiary/aromatic N) is 1. The molecule has 0 unspecified atom stereocenters. The molecule has 0 saturated heterocycles. The number of hydrogen-bond acceptors (Lipinski definition) is 5. The Hall–Kier alpha value is -2.44. The first-order valence-corrected chi connectivity index (χ1v) is 9.97. The number of carbonyl (C=O) groups is 1. The third-order valence-corrected chi connectivity index (χ3v) is 5.74. The predicted octanol–water partition coefficient (Wildman–Crippen LogP) is 4.76. The minimum atomic E-state index is -0.0199. The van der Waals surface area contributed by atoms with E-state index in [9.17, 15) is 4.79 Å². The monoisotopic (exact) mass is 419 g/mol.